The Bertz CT molecular complexity index is 1620. The number of likely N-dealkylation sites (N-methyl/N-ethyl adjacent to an activating group) is 1. The van der Waals surface area contributed by atoms with Gasteiger partial charge < -0.3 is 24.5 Å². The first-order valence-corrected chi connectivity index (χ1v) is 14.6. The Kier molecular flexibility index (Phi) is 7.67. The van der Waals surface area contributed by atoms with Crippen LogP contribution in [0.2, 0.25) is 0 Å². The number of piperidine rings is 1. The molecule has 0 spiro atoms. The van der Waals surface area contributed by atoms with Crippen molar-refractivity contribution in [3.63, 3.8) is 0 Å². The summed E-state index contributed by atoms with van der Waals surface area (Å²) in [5.41, 5.74) is 8.16. The number of pyridine rings is 1. The molecule has 2 unspecified atom stereocenters. The van der Waals surface area contributed by atoms with Crippen molar-refractivity contribution in [1.82, 2.24) is 9.88 Å². The summed E-state index contributed by atoms with van der Waals surface area (Å²) >= 11 is 0. The highest BCUT2D eigenvalue weighted by Gasteiger charge is 2.29. The van der Waals surface area contributed by atoms with E-state index in [4.69, 9.17) is 19.6 Å². The highest BCUT2D eigenvalue weighted by molar-refractivity contribution is 5.93. The number of ether oxygens (including phenoxy) is 2. The second kappa shape index (κ2) is 11.5. The fourth-order valence-electron chi connectivity index (χ4n) is 6.49. The minimum Gasteiger partial charge on any atom is -0.485 e. The second-order valence-corrected chi connectivity index (χ2v) is 11.7. The summed E-state index contributed by atoms with van der Waals surface area (Å²) in [4.78, 5) is 32.1. The Balaban J connectivity index is 1.28. The van der Waals surface area contributed by atoms with Gasteiger partial charge in [-0.3, -0.25) is 14.6 Å². The number of fused-ring (bicyclic) bond motifs is 2. The van der Waals surface area contributed by atoms with Crippen LogP contribution < -0.4 is 20.6 Å². The number of aryl methyl sites for hydroxylation is 1. The van der Waals surface area contributed by atoms with Crippen LogP contribution in [0.5, 0.6) is 17.2 Å². The van der Waals surface area contributed by atoms with E-state index in [2.05, 4.69) is 16.9 Å². The number of likely N-dealkylation sites (tertiary alicyclic amines) is 1. The first kappa shape index (κ1) is 27.3. The molecule has 2 aliphatic rings. The van der Waals surface area contributed by atoms with Gasteiger partial charge in [0.1, 0.15) is 23.2 Å². The van der Waals surface area contributed by atoms with Crippen molar-refractivity contribution in [3.8, 4) is 17.2 Å². The highest BCUT2D eigenvalue weighted by Crippen LogP contribution is 2.39. The maximum atomic E-state index is 13.5. The Hall–Kier alpha value is -3.91. The highest BCUT2D eigenvalue weighted by atomic mass is 16.5. The Labute approximate surface area is 239 Å². The van der Waals surface area contributed by atoms with Gasteiger partial charge in [-0.2, -0.15) is 0 Å². The van der Waals surface area contributed by atoms with Gasteiger partial charge in [-0.05, 0) is 94.1 Å². The maximum Gasteiger partial charge on any atom is 0.218 e. The van der Waals surface area contributed by atoms with E-state index in [1.54, 1.807) is 24.4 Å². The van der Waals surface area contributed by atoms with Crippen molar-refractivity contribution >= 4 is 27.8 Å². The zero-order valence-corrected chi connectivity index (χ0v) is 23.7. The fraction of sp³-hybridized carbons (Fsp3) is 0.424. The van der Waals surface area contributed by atoms with Gasteiger partial charge >= 0.3 is 0 Å². The van der Waals surface area contributed by atoms with Crippen molar-refractivity contribution in [2.24, 2.45) is 11.7 Å². The normalized spacial score (nSPS) is 19.0. The number of nitrogens with two attached hydrogens (primary N) is 1. The average Bonchev–Trinajstić information content (AvgIpc) is 3.48. The van der Waals surface area contributed by atoms with E-state index < -0.39 is 0 Å². The summed E-state index contributed by atoms with van der Waals surface area (Å²) in [6.07, 6.45) is 8.61. The van der Waals surface area contributed by atoms with Gasteiger partial charge in [0.15, 0.2) is 11.3 Å². The van der Waals surface area contributed by atoms with Crippen LogP contribution in [-0.2, 0) is 4.79 Å². The third-order valence-corrected chi connectivity index (χ3v) is 8.49. The molecule has 1 saturated heterocycles. The van der Waals surface area contributed by atoms with E-state index in [9.17, 15) is 9.59 Å². The molecule has 2 aromatic heterocycles. The van der Waals surface area contributed by atoms with Crippen LogP contribution in [0.15, 0.2) is 57.9 Å². The first-order chi connectivity index (χ1) is 19.8. The lowest BCUT2D eigenvalue weighted by molar-refractivity contribution is -0.118. The number of primary amides is 1. The summed E-state index contributed by atoms with van der Waals surface area (Å²) in [5.74, 6) is 1.84. The zero-order valence-electron chi connectivity index (χ0n) is 23.7. The van der Waals surface area contributed by atoms with Gasteiger partial charge in [0.25, 0.3) is 0 Å². The molecule has 3 heterocycles. The van der Waals surface area contributed by atoms with Crippen molar-refractivity contribution in [3.05, 3.63) is 70.1 Å². The van der Waals surface area contributed by atoms with Gasteiger partial charge in [-0.15, -0.1) is 0 Å². The standard InChI is InChI=1S/C33H37N3O5/c1-20-14-27-32(38)25-11-9-22(16-29(25)41-33(27)30(15-20)40-24-8-5-13-36(2)19-24)39-23-10-12-28(35-18-23)26(17-31(34)37)21-6-3-4-7-21/h9-12,14-16,18,21,24,26H,3-8,13,17,19H2,1-2H3,(H2,34,37). The third kappa shape index (κ3) is 5.93. The molecule has 1 saturated carbocycles. The summed E-state index contributed by atoms with van der Waals surface area (Å²) < 4.78 is 18.8. The Morgan fingerprint density at radius 2 is 1.88 bits per heavy atom. The molecule has 4 aromatic rings. The Morgan fingerprint density at radius 1 is 1.07 bits per heavy atom. The second-order valence-electron chi connectivity index (χ2n) is 11.7. The topological polar surface area (TPSA) is 108 Å². The monoisotopic (exact) mass is 555 g/mol. The van der Waals surface area contributed by atoms with Crippen LogP contribution in [0.1, 0.15) is 62.1 Å². The average molecular weight is 556 g/mol. The number of hydrogen-bond acceptors (Lipinski definition) is 7. The number of hydrogen-bond donors (Lipinski definition) is 1. The van der Waals surface area contributed by atoms with Crippen LogP contribution in [0.25, 0.3) is 21.9 Å². The molecule has 1 amide bonds. The molecule has 2 N–H and O–H groups in total. The molecular formula is C33H37N3O5. The SMILES string of the molecule is Cc1cc(OC2CCCN(C)C2)c2oc3cc(Oc4ccc(C(CC(N)=O)C5CCCC5)nc4)ccc3c(=O)c2c1. The molecule has 2 aromatic carbocycles. The minimum absolute atomic E-state index is 0.0290. The van der Waals surface area contributed by atoms with E-state index in [0.717, 1.165) is 50.0 Å². The number of benzene rings is 2. The lowest BCUT2D eigenvalue weighted by Gasteiger charge is -2.30. The fourth-order valence-corrected chi connectivity index (χ4v) is 6.49. The van der Waals surface area contributed by atoms with Gasteiger partial charge in [-0.25, -0.2) is 0 Å². The predicted molar refractivity (Wildman–Crippen MR) is 159 cm³/mol. The molecule has 8 nitrogen and oxygen atoms in total. The van der Waals surface area contributed by atoms with E-state index in [1.165, 1.54) is 12.8 Å². The Morgan fingerprint density at radius 3 is 2.61 bits per heavy atom. The number of rotatable bonds is 8. The minimum atomic E-state index is -0.302. The van der Waals surface area contributed by atoms with E-state index in [0.29, 0.717) is 51.5 Å². The quantitative estimate of drug-likeness (QED) is 0.263. The van der Waals surface area contributed by atoms with Crippen molar-refractivity contribution in [1.29, 1.82) is 0 Å². The van der Waals surface area contributed by atoms with Gasteiger partial charge in [0.05, 0.1) is 17.0 Å². The molecular weight excluding hydrogens is 518 g/mol. The summed E-state index contributed by atoms with van der Waals surface area (Å²) in [6.45, 7) is 3.86. The number of aromatic nitrogens is 1. The molecule has 1 aliphatic heterocycles. The van der Waals surface area contributed by atoms with Gasteiger partial charge in [0.2, 0.25) is 11.3 Å². The molecule has 2 fully saturated rings. The lowest BCUT2D eigenvalue weighted by atomic mass is 9.85. The summed E-state index contributed by atoms with van der Waals surface area (Å²) in [7, 11) is 2.09. The number of carbonyl (C=O) groups excluding carboxylic acids is 1. The molecule has 41 heavy (non-hydrogen) atoms. The summed E-state index contributed by atoms with van der Waals surface area (Å²) in [6, 6.07) is 12.8. The van der Waals surface area contributed by atoms with Crippen LogP contribution in [0, 0.1) is 12.8 Å². The van der Waals surface area contributed by atoms with E-state index in [-0.39, 0.29) is 23.4 Å². The van der Waals surface area contributed by atoms with Gasteiger partial charge in [-0.1, -0.05) is 12.8 Å². The largest absolute Gasteiger partial charge is 0.485 e. The number of nitrogens with zero attached hydrogens (tertiary/aromatic N) is 2. The van der Waals surface area contributed by atoms with E-state index >= 15 is 0 Å². The molecule has 2 atom stereocenters. The first-order valence-electron chi connectivity index (χ1n) is 14.6. The van der Waals surface area contributed by atoms with Crippen molar-refractivity contribution < 1.29 is 18.7 Å². The molecule has 0 bridgehead atoms. The molecule has 6 rings (SSSR count). The smallest absolute Gasteiger partial charge is 0.218 e. The molecule has 8 heteroatoms. The van der Waals surface area contributed by atoms with Crippen LogP contribution in [0.3, 0.4) is 0 Å². The maximum absolute atomic E-state index is 13.5. The molecule has 1 aliphatic carbocycles. The number of amides is 1. The zero-order chi connectivity index (χ0) is 28.5. The summed E-state index contributed by atoms with van der Waals surface area (Å²) in [5, 5.41) is 0.996. The van der Waals surface area contributed by atoms with Crippen molar-refractivity contribution in [2.45, 2.75) is 63.9 Å². The van der Waals surface area contributed by atoms with E-state index in [1.807, 2.05) is 31.2 Å². The van der Waals surface area contributed by atoms with Crippen LogP contribution in [-0.4, -0.2) is 42.0 Å². The number of carbonyl (C=O) groups is 1. The third-order valence-electron chi connectivity index (χ3n) is 8.49. The lowest BCUT2D eigenvalue weighted by Crippen LogP contribution is -2.38. The molecule has 214 valence electrons. The van der Waals surface area contributed by atoms with Gasteiger partial charge in [0, 0.05) is 30.6 Å². The van der Waals surface area contributed by atoms with Crippen LogP contribution >= 0.6 is 0 Å². The predicted octanol–water partition coefficient (Wildman–Crippen LogP) is 6.06. The van der Waals surface area contributed by atoms with Crippen molar-refractivity contribution in [2.75, 3.05) is 20.1 Å². The molecule has 0 radical (unpaired) electrons. The van der Waals surface area contributed by atoms with Crippen LogP contribution in [0.4, 0.5) is 0 Å².